The summed E-state index contributed by atoms with van der Waals surface area (Å²) in [6, 6.07) is 17.1. The molecule has 28 heavy (non-hydrogen) atoms. The number of rotatable bonds is 6. The van der Waals surface area contributed by atoms with Crippen LogP contribution in [0.15, 0.2) is 71.1 Å². The normalized spacial score (nSPS) is 11.3. The zero-order valence-corrected chi connectivity index (χ0v) is 15.1. The molecule has 0 N–H and O–H groups in total. The lowest BCUT2D eigenvalue weighted by Gasteiger charge is -2.16. The van der Waals surface area contributed by atoms with Gasteiger partial charge < -0.3 is 14.1 Å². The Morgan fingerprint density at radius 3 is 2.32 bits per heavy atom. The number of nitrogens with zero attached hydrogens (tertiary/aromatic N) is 1. The summed E-state index contributed by atoms with van der Waals surface area (Å²) in [6.07, 6.45) is -4.38. The van der Waals surface area contributed by atoms with Gasteiger partial charge in [0.15, 0.2) is 5.76 Å². The molecule has 0 unspecified atom stereocenters. The van der Waals surface area contributed by atoms with E-state index in [0.717, 1.165) is 12.1 Å². The van der Waals surface area contributed by atoms with Gasteiger partial charge >= 0.3 is 6.18 Å². The van der Waals surface area contributed by atoms with E-state index in [1.165, 1.54) is 17.0 Å². The van der Waals surface area contributed by atoms with Crippen molar-refractivity contribution in [3.05, 3.63) is 89.4 Å². The molecule has 0 saturated heterocycles. The van der Waals surface area contributed by atoms with Gasteiger partial charge in [-0.3, -0.25) is 4.79 Å². The van der Waals surface area contributed by atoms with E-state index in [2.05, 4.69) is 0 Å². The van der Waals surface area contributed by atoms with Gasteiger partial charge in [-0.05, 0) is 42.0 Å². The highest BCUT2D eigenvalue weighted by Gasteiger charge is 2.30. The average Bonchev–Trinajstić information content (AvgIpc) is 3.15. The molecular weight excluding hydrogens is 371 g/mol. The van der Waals surface area contributed by atoms with E-state index in [4.69, 9.17) is 9.15 Å². The minimum absolute atomic E-state index is 0.140. The summed E-state index contributed by atoms with van der Waals surface area (Å²) in [6.45, 7) is 0.341. The fourth-order valence-corrected chi connectivity index (χ4v) is 2.57. The fourth-order valence-electron chi connectivity index (χ4n) is 2.57. The third-order valence-electron chi connectivity index (χ3n) is 4.04. The van der Waals surface area contributed by atoms with Gasteiger partial charge in [-0.15, -0.1) is 0 Å². The maximum absolute atomic E-state index is 12.6. The number of carbonyl (C=O) groups is 1. The molecule has 0 aliphatic rings. The number of halogens is 3. The average molecular weight is 389 g/mol. The molecule has 0 radical (unpaired) electrons. The van der Waals surface area contributed by atoms with Crippen LogP contribution in [0.5, 0.6) is 5.75 Å². The number of furan rings is 1. The van der Waals surface area contributed by atoms with Gasteiger partial charge in [0.1, 0.15) is 18.1 Å². The number of alkyl halides is 3. The van der Waals surface area contributed by atoms with E-state index >= 15 is 0 Å². The first-order valence-electron chi connectivity index (χ1n) is 8.51. The standard InChI is InChI=1S/C21H18F3NO3/c1-25(13-15-7-9-16(10-8-15)21(22,23)24)20(26)19-12-11-18(28-19)14-27-17-5-3-2-4-6-17/h2-12H,13-14H2,1H3. The SMILES string of the molecule is CN(Cc1ccc(C(F)(F)F)cc1)C(=O)c1ccc(COc2ccccc2)o1. The Kier molecular flexibility index (Phi) is 5.73. The van der Waals surface area contributed by atoms with Crippen molar-refractivity contribution in [2.45, 2.75) is 19.3 Å². The molecule has 0 aliphatic carbocycles. The summed E-state index contributed by atoms with van der Waals surface area (Å²) in [5.41, 5.74) is -0.137. The summed E-state index contributed by atoms with van der Waals surface area (Å²) >= 11 is 0. The molecular formula is C21H18F3NO3. The molecule has 0 atom stereocenters. The molecule has 1 heterocycles. The highest BCUT2D eigenvalue weighted by Crippen LogP contribution is 2.29. The second kappa shape index (κ2) is 8.21. The minimum Gasteiger partial charge on any atom is -0.486 e. The number of hydrogen-bond donors (Lipinski definition) is 0. The lowest BCUT2D eigenvalue weighted by molar-refractivity contribution is -0.137. The molecule has 3 aromatic rings. The van der Waals surface area contributed by atoms with Crippen molar-refractivity contribution < 1.29 is 27.1 Å². The Labute approximate surface area is 160 Å². The molecule has 146 valence electrons. The van der Waals surface area contributed by atoms with Gasteiger partial charge in [0, 0.05) is 13.6 Å². The molecule has 0 saturated carbocycles. The van der Waals surface area contributed by atoms with Crippen LogP contribution in [0, 0.1) is 0 Å². The van der Waals surface area contributed by atoms with E-state index in [-0.39, 0.29) is 24.8 Å². The second-order valence-electron chi connectivity index (χ2n) is 6.22. The molecule has 3 rings (SSSR count). The van der Waals surface area contributed by atoms with Crippen LogP contribution >= 0.6 is 0 Å². The first-order chi connectivity index (χ1) is 13.3. The van der Waals surface area contributed by atoms with Crippen molar-refractivity contribution in [3.63, 3.8) is 0 Å². The Bertz CT molecular complexity index is 918. The van der Waals surface area contributed by atoms with Crippen LogP contribution in [0.1, 0.15) is 27.4 Å². The number of hydrogen-bond acceptors (Lipinski definition) is 3. The molecule has 7 heteroatoms. The van der Waals surface area contributed by atoms with Crippen molar-refractivity contribution in [3.8, 4) is 5.75 Å². The van der Waals surface area contributed by atoms with Crippen LogP contribution in [0.2, 0.25) is 0 Å². The number of amides is 1. The topological polar surface area (TPSA) is 42.7 Å². The minimum atomic E-state index is -4.38. The van der Waals surface area contributed by atoms with Gasteiger partial charge in [0.05, 0.1) is 5.56 Å². The third-order valence-corrected chi connectivity index (χ3v) is 4.04. The van der Waals surface area contributed by atoms with Crippen molar-refractivity contribution in [1.82, 2.24) is 4.90 Å². The van der Waals surface area contributed by atoms with Crippen LogP contribution in [0.4, 0.5) is 13.2 Å². The van der Waals surface area contributed by atoms with Crippen molar-refractivity contribution in [2.75, 3.05) is 7.05 Å². The Morgan fingerprint density at radius 2 is 1.68 bits per heavy atom. The summed E-state index contributed by atoms with van der Waals surface area (Å²) < 4.78 is 48.9. The zero-order chi connectivity index (χ0) is 20.1. The predicted octanol–water partition coefficient (Wildman–Crippen LogP) is 5.15. The smallest absolute Gasteiger partial charge is 0.416 e. The molecule has 0 fully saturated rings. The largest absolute Gasteiger partial charge is 0.486 e. The van der Waals surface area contributed by atoms with E-state index in [0.29, 0.717) is 17.1 Å². The maximum Gasteiger partial charge on any atom is 0.416 e. The third kappa shape index (κ3) is 4.94. The van der Waals surface area contributed by atoms with Crippen LogP contribution in [0.25, 0.3) is 0 Å². The Hall–Kier alpha value is -3.22. The molecule has 4 nitrogen and oxygen atoms in total. The molecule has 0 bridgehead atoms. The second-order valence-corrected chi connectivity index (χ2v) is 6.22. The molecule has 0 aliphatic heterocycles. The van der Waals surface area contributed by atoms with E-state index in [9.17, 15) is 18.0 Å². The van der Waals surface area contributed by atoms with E-state index in [1.807, 2.05) is 30.3 Å². The van der Waals surface area contributed by atoms with Gasteiger partial charge in [-0.25, -0.2) is 0 Å². The van der Waals surface area contributed by atoms with Crippen molar-refractivity contribution >= 4 is 5.91 Å². The number of carbonyl (C=O) groups excluding carboxylic acids is 1. The molecule has 0 spiro atoms. The zero-order valence-electron chi connectivity index (χ0n) is 15.1. The quantitative estimate of drug-likeness (QED) is 0.586. The fraction of sp³-hybridized carbons (Fsp3) is 0.190. The summed E-state index contributed by atoms with van der Waals surface area (Å²) in [5, 5.41) is 0. The van der Waals surface area contributed by atoms with Crippen molar-refractivity contribution in [1.29, 1.82) is 0 Å². The van der Waals surface area contributed by atoms with Gasteiger partial charge in [0.2, 0.25) is 0 Å². The molecule has 1 amide bonds. The van der Waals surface area contributed by atoms with Crippen LogP contribution < -0.4 is 4.74 Å². The summed E-state index contributed by atoms with van der Waals surface area (Å²) in [7, 11) is 1.56. The van der Waals surface area contributed by atoms with Crippen molar-refractivity contribution in [2.24, 2.45) is 0 Å². The van der Waals surface area contributed by atoms with E-state index < -0.39 is 11.7 Å². The number of para-hydroxylation sites is 1. The number of benzene rings is 2. The summed E-state index contributed by atoms with van der Waals surface area (Å²) in [5.74, 6) is 0.952. The summed E-state index contributed by atoms with van der Waals surface area (Å²) in [4.78, 5) is 13.9. The highest BCUT2D eigenvalue weighted by atomic mass is 19.4. The van der Waals surface area contributed by atoms with Crippen LogP contribution in [-0.2, 0) is 19.3 Å². The molecule has 1 aromatic heterocycles. The predicted molar refractivity (Wildman–Crippen MR) is 96.7 cm³/mol. The lowest BCUT2D eigenvalue weighted by atomic mass is 10.1. The Balaban J connectivity index is 1.58. The van der Waals surface area contributed by atoms with Gasteiger partial charge in [0.25, 0.3) is 5.91 Å². The maximum atomic E-state index is 12.6. The first kappa shape index (κ1) is 19.5. The monoisotopic (exact) mass is 389 g/mol. The molecule has 2 aromatic carbocycles. The first-order valence-corrected chi connectivity index (χ1v) is 8.51. The number of ether oxygens (including phenoxy) is 1. The van der Waals surface area contributed by atoms with Crippen LogP contribution in [0.3, 0.4) is 0 Å². The van der Waals surface area contributed by atoms with Crippen LogP contribution in [-0.4, -0.2) is 17.9 Å². The Morgan fingerprint density at radius 1 is 1.00 bits per heavy atom. The van der Waals surface area contributed by atoms with Gasteiger partial charge in [-0.2, -0.15) is 13.2 Å². The highest BCUT2D eigenvalue weighted by molar-refractivity contribution is 5.91. The lowest BCUT2D eigenvalue weighted by Crippen LogP contribution is -2.25. The van der Waals surface area contributed by atoms with Gasteiger partial charge in [-0.1, -0.05) is 30.3 Å². The van der Waals surface area contributed by atoms with E-state index in [1.54, 1.807) is 19.2 Å².